The van der Waals surface area contributed by atoms with Gasteiger partial charge in [-0.15, -0.1) is 0 Å². The molecule has 0 N–H and O–H groups in total. The topological polar surface area (TPSA) is 46.6 Å². The fraction of sp³-hybridized carbons (Fsp3) is 0.500. The molecule has 0 aliphatic heterocycles. The van der Waals surface area contributed by atoms with Crippen molar-refractivity contribution in [2.24, 2.45) is 0 Å². The van der Waals surface area contributed by atoms with Crippen LogP contribution in [0.3, 0.4) is 0 Å². The summed E-state index contributed by atoms with van der Waals surface area (Å²) >= 11 is 0. The minimum atomic E-state index is -0.631. The molecule has 0 heterocycles. The number of methoxy groups -OCH3 is 1. The summed E-state index contributed by atoms with van der Waals surface area (Å²) < 4.78 is 4.59. The Bertz CT molecular complexity index is 482. The first-order chi connectivity index (χ1) is 9.42. The molecule has 1 atom stereocenters. The first kappa shape index (κ1) is 16.2. The van der Waals surface area contributed by atoms with Gasteiger partial charge in [-0.3, -0.25) is 9.69 Å². The SMILES string of the molecule is CCC(C(=O)N(C)C(=O)OC)c1cccc(C(C)C)c1. The number of rotatable bonds is 4. The van der Waals surface area contributed by atoms with Crippen LogP contribution in [0, 0.1) is 0 Å². The van der Waals surface area contributed by atoms with Crippen molar-refractivity contribution in [3.63, 3.8) is 0 Å². The maximum Gasteiger partial charge on any atom is 0.415 e. The van der Waals surface area contributed by atoms with Gasteiger partial charge in [-0.2, -0.15) is 0 Å². The molecule has 1 aromatic rings. The third kappa shape index (κ3) is 3.59. The van der Waals surface area contributed by atoms with Crippen LogP contribution in [0.2, 0.25) is 0 Å². The van der Waals surface area contributed by atoms with Gasteiger partial charge in [0.05, 0.1) is 13.0 Å². The van der Waals surface area contributed by atoms with E-state index in [-0.39, 0.29) is 11.8 Å². The first-order valence-electron chi connectivity index (χ1n) is 6.87. The third-order valence-electron chi connectivity index (χ3n) is 3.47. The van der Waals surface area contributed by atoms with Crippen molar-refractivity contribution < 1.29 is 14.3 Å². The summed E-state index contributed by atoms with van der Waals surface area (Å²) in [6.07, 6.45) is 0.00954. The van der Waals surface area contributed by atoms with Crippen molar-refractivity contribution >= 4 is 12.0 Å². The molecule has 20 heavy (non-hydrogen) atoms. The van der Waals surface area contributed by atoms with E-state index in [2.05, 4.69) is 24.7 Å². The van der Waals surface area contributed by atoms with Crippen LogP contribution in [0.25, 0.3) is 0 Å². The molecule has 0 saturated heterocycles. The van der Waals surface area contributed by atoms with Crippen LogP contribution >= 0.6 is 0 Å². The monoisotopic (exact) mass is 277 g/mol. The second-order valence-electron chi connectivity index (χ2n) is 5.15. The highest BCUT2D eigenvalue weighted by Crippen LogP contribution is 2.25. The van der Waals surface area contributed by atoms with Crippen LogP contribution in [0.1, 0.15) is 50.2 Å². The summed E-state index contributed by atoms with van der Waals surface area (Å²) in [4.78, 5) is 24.9. The summed E-state index contributed by atoms with van der Waals surface area (Å²) in [5, 5.41) is 0. The van der Waals surface area contributed by atoms with E-state index in [9.17, 15) is 9.59 Å². The molecule has 0 fully saturated rings. The second kappa shape index (κ2) is 7.08. The Labute approximate surface area is 120 Å². The van der Waals surface area contributed by atoms with Crippen molar-refractivity contribution in [1.82, 2.24) is 4.90 Å². The van der Waals surface area contributed by atoms with E-state index in [1.165, 1.54) is 19.7 Å². The molecular weight excluding hydrogens is 254 g/mol. The minimum Gasteiger partial charge on any atom is -0.452 e. The van der Waals surface area contributed by atoms with Crippen LogP contribution in [0.5, 0.6) is 0 Å². The van der Waals surface area contributed by atoms with E-state index < -0.39 is 6.09 Å². The molecule has 1 aromatic carbocycles. The zero-order valence-electron chi connectivity index (χ0n) is 12.8. The molecule has 0 aliphatic rings. The molecule has 0 radical (unpaired) electrons. The fourth-order valence-electron chi connectivity index (χ4n) is 2.15. The molecule has 4 nitrogen and oxygen atoms in total. The third-order valence-corrected chi connectivity index (χ3v) is 3.47. The van der Waals surface area contributed by atoms with Crippen molar-refractivity contribution in [3.05, 3.63) is 35.4 Å². The van der Waals surface area contributed by atoms with Gasteiger partial charge < -0.3 is 4.74 Å². The Hall–Kier alpha value is -1.84. The molecule has 0 aromatic heterocycles. The molecule has 0 saturated carbocycles. The fourth-order valence-corrected chi connectivity index (χ4v) is 2.15. The zero-order chi connectivity index (χ0) is 15.3. The Morgan fingerprint density at radius 1 is 1.25 bits per heavy atom. The summed E-state index contributed by atoms with van der Waals surface area (Å²) in [5.74, 6) is -0.154. The first-order valence-corrected chi connectivity index (χ1v) is 6.87. The van der Waals surface area contributed by atoms with Gasteiger partial charge in [-0.1, -0.05) is 45.0 Å². The molecule has 1 unspecified atom stereocenters. The molecule has 0 bridgehead atoms. The molecule has 4 heteroatoms. The lowest BCUT2D eigenvalue weighted by Gasteiger charge is -2.21. The van der Waals surface area contributed by atoms with Gasteiger partial charge in [0.2, 0.25) is 5.91 Å². The van der Waals surface area contributed by atoms with E-state index in [0.717, 1.165) is 10.5 Å². The lowest BCUT2D eigenvalue weighted by Crippen LogP contribution is -2.36. The van der Waals surface area contributed by atoms with E-state index in [1.807, 2.05) is 25.1 Å². The maximum absolute atomic E-state index is 12.4. The van der Waals surface area contributed by atoms with Gasteiger partial charge >= 0.3 is 6.09 Å². The second-order valence-corrected chi connectivity index (χ2v) is 5.15. The van der Waals surface area contributed by atoms with Gasteiger partial charge in [0, 0.05) is 7.05 Å². The minimum absolute atomic E-state index is 0.236. The van der Waals surface area contributed by atoms with Crippen molar-refractivity contribution in [3.8, 4) is 0 Å². The predicted octanol–water partition coefficient (Wildman–Crippen LogP) is 3.53. The molecular formula is C16H23NO3. The van der Waals surface area contributed by atoms with Gasteiger partial charge in [-0.25, -0.2) is 4.79 Å². The largest absolute Gasteiger partial charge is 0.452 e. The Kier molecular flexibility index (Phi) is 5.74. The van der Waals surface area contributed by atoms with Gasteiger partial charge in [-0.05, 0) is 23.5 Å². The van der Waals surface area contributed by atoms with Crippen molar-refractivity contribution in [1.29, 1.82) is 0 Å². The maximum atomic E-state index is 12.4. The lowest BCUT2D eigenvalue weighted by atomic mass is 9.91. The van der Waals surface area contributed by atoms with Gasteiger partial charge in [0.25, 0.3) is 0 Å². The van der Waals surface area contributed by atoms with Crippen molar-refractivity contribution in [2.75, 3.05) is 14.2 Å². The quantitative estimate of drug-likeness (QED) is 0.845. The Morgan fingerprint density at radius 2 is 1.85 bits per heavy atom. The standard InChI is InChI=1S/C16H23NO3/c1-6-14(15(18)17(4)16(19)20-5)13-9-7-8-12(10-13)11(2)3/h7-11,14H,6H2,1-5H3. The number of imide groups is 1. The van der Waals surface area contributed by atoms with Crippen LogP contribution in [-0.4, -0.2) is 31.1 Å². The average Bonchev–Trinajstić information content (AvgIpc) is 2.46. The van der Waals surface area contributed by atoms with Crippen LogP contribution in [0.15, 0.2) is 24.3 Å². The highest BCUT2D eigenvalue weighted by molar-refractivity contribution is 5.95. The van der Waals surface area contributed by atoms with Crippen LogP contribution in [-0.2, 0) is 9.53 Å². The summed E-state index contributed by atoms with van der Waals surface area (Å²) in [6, 6.07) is 7.99. The number of ether oxygens (including phenoxy) is 1. The molecule has 1 rings (SSSR count). The number of amides is 2. The lowest BCUT2D eigenvalue weighted by molar-refractivity contribution is -0.129. The van der Waals surface area contributed by atoms with Crippen molar-refractivity contribution in [2.45, 2.75) is 39.0 Å². The molecule has 110 valence electrons. The molecule has 0 aliphatic carbocycles. The Morgan fingerprint density at radius 3 is 2.35 bits per heavy atom. The highest BCUT2D eigenvalue weighted by atomic mass is 16.5. The van der Waals surface area contributed by atoms with Gasteiger partial charge in [0.15, 0.2) is 0 Å². The van der Waals surface area contributed by atoms with E-state index >= 15 is 0 Å². The summed E-state index contributed by atoms with van der Waals surface area (Å²) in [6.45, 7) is 6.17. The zero-order valence-corrected chi connectivity index (χ0v) is 12.8. The molecule has 2 amide bonds. The van der Waals surface area contributed by atoms with Crippen LogP contribution in [0.4, 0.5) is 4.79 Å². The average molecular weight is 277 g/mol. The normalized spacial score (nSPS) is 12.1. The highest BCUT2D eigenvalue weighted by Gasteiger charge is 2.26. The van der Waals surface area contributed by atoms with E-state index in [0.29, 0.717) is 12.3 Å². The number of carbonyl (C=O) groups excluding carboxylic acids is 2. The number of carbonyl (C=O) groups is 2. The molecule has 0 spiro atoms. The number of likely N-dealkylation sites (N-methyl/N-ethyl adjacent to an activating group) is 1. The number of hydrogen-bond donors (Lipinski definition) is 0. The van der Waals surface area contributed by atoms with Gasteiger partial charge in [0.1, 0.15) is 0 Å². The van der Waals surface area contributed by atoms with E-state index in [1.54, 1.807) is 0 Å². The van der Waals surface area contributed by atoms with E-state index in [4.69, 9.17) is 0 Å². The summed E-state index contributed by atoms with van der Waals surface area (Å²) in [5.41, 5.74) is 2.13. The number of benzene rings is 1. The number of nitrogens with zero attached hydrogens (tertiary/aromatic N) is 1. The predicted molar refractivity (Wildman–Crippen MR) is 78.7 cm³/mol. The van der Waals surface area contributed by atoms with Crippen LogP contribution < -0.4 is 0 Å². The Balaban J connectivity index is 3.04. The smallest absolute Gasteiger partial charge is 0.415 e. The number of hydrogen-bond acceptors (Lipinski definition) is 3. The summed E-state index contributed by atoms with van der Waals surface area (Å²) in [7, 11) is 2.72.